The summed E-state index contributed by atoms with van der Waals surface area (Å²) < 4.78 is 15.8. The molecule has 0 fully saturated rings. The number of carbonyl (C=O) groups is 1. The van der Waals surface area contributed by atoms with Crippen LogP contribution in [0.3, 0.4) is 0 Å². The maximum absolute atomic E-state index is 12.0. The third-order valence-electron chi connectivity index (χ3n) is 3.54. The molecule has 3 aromatic rings. The van der Waals surface area contributed by atoms with E-state index in [0.717, 1.165) is 10.9 Å². The summed E-state index contributed by atoms with van der Waals surface area (Å²) in [6.07, 6.45) is 1.75. The molecule has 2 heterocycles. The normalized spacial score (nSPS) is 12.1. The van der Waals surface area contributed by atoms with Gasteiger partial charge in [-0.05, 0) is 31.2 Å². The Balaban J connectivity index is 1.60. The SMILES string of the molecule is COC[C@H](C)NC(=O)c1cc(COc2ccc3ncccc3c2)on1. The van der Waals surface area contributed by atoms with E-state index < -0.39 is 0 Å². The van der Waals surface area contributed by atoms with Crippen LogP contribution >= 0.6 is 0 Å². The first-order valence-corrected chi connectivity index (χ1v) is 7.88. The van der Waals surface area contributed by atoms with Crippen molar-refractivity contribution < 1.29 is 18.8 Å². The smallest absolute Gasteiger partial charge is 0.273 e. The number of amides is 1. The van der Waals surface area contributed by atoms with Gasteiger partial charge >= 0.3 is 0 Å². The number of fused-ring (bicyclic) bond motifs is 1. The predicted octanol–water partition coefficient (Wildman–Crippen LogP) is 2.57. The Morgan fingerprint density at radius 1 is 1.32 bits per heavy atom. The van der Waals surface area contributed by atoms with Gasteiger partial charge in [0, 0.05) is 30.8 Å². The lowest BCUT2D eigenvalue weighted by Crippen LogP contribution is -2.35. The molecule has 0 aliphatic heterocycles. The lowest BCUT2D eigenvalue weighted by Gasteiger charge is -2.10. The lowest BCUT2D eigenvalue weighted by atomic mass is 10.2. The maximum atomic E-state index is 12.0. The molecule has 1 atom stereocenters. The van der Waals surface area contributed by atoms with Gasteiger partial charge in [0.25, 0.3) is 5.91 Å². The topological polar surface area (TPSA) is 86.5 Å². The quantitative estimate of drug-likeness (QED) is 0.711. The van der Waals surface area contributed by atoms with Crippen LogP contribution in [0.2, 0.25) is 0 Å². The molecule has 0 bridgehead atoms. The van der Waals surface area contributed by atoms with Crippen molar-refractivity contribution >= 4 is 16.8 Å². The molecule has 1 amide bonds. The van der Waals surface area contributed by atoms with Gasteiger partial charge in [-0.15, -0.1) is 0 Å². The summed E-state index contributed by atoms with van der Waals surface area (Å²) >= 11 is 0. The third kappa shape index (κ3) is 4.33. The van der Waals surface area contributed by atoms with Crippen LogP contribution in [-0.4, -0.2) is 35.8 Å². The van der Waals surface area contributed by atoms with Gasteiger partial charge in [-0.2, -0.15) is 0 Å². The minimum Gasteiger partial charge on any atom is -0.486 e. The Kier molecular flexibility index (Phi) is 5.25. The first kappa shape index (κ1) is 16.9. The van der Waals surface area contributed by atoms with Crippen LogP contribution in [0.5, 0.6) is 5.75 Å². The van der Waals surface area contributed by atoms with Crippen LogP contribution in [0.15, 0.2) is 47.1 Å². The van der Waals surface area contributed by atoms with Gasteiger partial charge in [-0.25, -0.2) is 0 Å². The largest absolute Gasteiger partial charge is 0.486 e. The minimum atomic E-state index is -0.309. The van der Waals surface area contributed by atoms with Crippen molar-refractivity contribution in [2.45, 2.75) is 19.6 Å². The number of pyridine rings is 1. The Morgan fingerprint density at radius 2 is 2.20 bits per heavy atom. The van der Waals surface area contributed by atoms with E-state index in [-0.39, 0.29) is 24.2 Å². The second-order valence-electron chi connectivity index (χ2n) is 5.65. The second kappa shape index (κ2) is 7.76. The zero-order valence-electron chi connectivity index (χ0n) is 14.1. The number of methoxy groups -OCH3 is 1. The van der Waals surface area contributed by atoms with Crippen LogP contribution < -0.4 is 10.1 Å². The standard InChI is InChI=1S/C18H19N3O4/c1-12(10-23-2)20-18(22)17-9-15(25-21-17)11-24-14-5-6-16-13(8-14)4-3-7-19-16/h3-9,12H,10-11H2,1-2H3,(H,20,22)/t12-/m0/s1. The number of hydrogen-bond donors (Lipinski definition) is 1. The number of rotatable bonds is 7. The summed E-state index contributed by atoms with van der Waals surface area (Å²) in [5.74, 6) is 0.851. The molecule has 0 spiro atoms. The van der Waals surface area contributed by atoms with E-state index in [1.54, 1.807) is 19.4 Å². The monoisotopic (exact) mass is 341 g/mol. The van der Waals surface area contributed by atoms with Crippen LogP contribution in [0.1, 0.15) is 23.2 Å². The Bertz CT molecular complexity index is 862. The molecule has 7 nitrogen and oxygen atoms in total. The molecule has 0 saturated carbocycles. The van der Waals surface area contributed by atoms with Crippen molar-refractivity contribution in [3.63, 3.8) is 0 Å². The van der Waals surface area contributed by atoms with Crippen molar-refractivity contribution in [2.75, 3.05) is 13.7 Å². The summed E-state index contributed by atoms with van der Waals surface area (Å²) in [6.45, 7) is 2.45. The molecule has 3 rings (SSSR count). The third-order valence-corrected chi connectivity index (χ3v) is 3.54. The van der Waals surface area contributed by atoms with Gasteiger partial charge in [0.05, 0.1) is 12.1 Å². The average molecular weight is 341 g/mol. The summed E-state index contributed by atoms with van der Waals surface area (Å²) in [7, 11) is 1.58. The number of nitrogens with zero attached hydrogens (tertiary/aromatic N) is 2. The van der Waals surface area contributed by atoms with Gasteiger partial charge in [-0.3, -0.25) is 9.78 Å². The van der Waals surface area contributed by atoms with E-state index in [1.165, 1.54) is 0 Å². The van der Waals surface area contributed by atoms with Crippen molar-refractivity contribution in [3.05, 3.63) is 54.0 Å². The fourth-order valence-corrected chi connectivity index (χ4v) is 2.38. The number of carbonyl (C=O) groups excluding carboxylic acids is 1. The van der Waals surface area contributed by atoms with Crippen LogP contribution in [-0.2, 0) is 11.3 Å². The molecule has 0 aliphatic rings. The number of hydrogen-bond acceptors (Lipinski definition) is 6. The summed E-state index contributed by atoms with van der Waals surface area (Å²) in [5.41, 5.74) is 1.11. The molecular formula is C18H19N3O4. The molecule has 25 heavy (non-hydrogen) atoms. The first-order chi connectivity index (χ1) is 12.2. The summed E-state index contributed by atoms with van der Waals surface area (Å²) in [5, 5.41) is 7.53. The van der Waals surface area contributed by atoms with E-state index in [4.69, 9.17) is 14.0 Å². The zero-order chi connectivity index (χ0) is 17.6. The van der Waals surface area contributed by atoms with Crippen LogP contribution in [0.25, 0.3) is 10.9 Å². The number of benzene rings is 1. The number of aromatic nitrogens is 2. The second-order valence-corrected chi connectivity index (χ2v) is 5.65. The summed E-state index contributed by atoms with van der Waals surface area (Å²) in [4.78, 5) is 16.3. The highest BCUT2D eigenvalue weighted by molar-refractivity contribution is 5.92. The molecule has 0 aliphatic carbocycles. The predicted molar refractivity (Wildman–Crippen MR) is 91.4 cm³/mol. The fourth-order valence-electron chi connectivity index (χ4n) is 2.38. The van der Waals surface area contributed by atoms with Gasteiger partial charge in [0.1, 0.15) is 12.4 Å². The lowest BCUT2D eigenvalue weighted by molar-refractivity contribution is 0.0896. The maximum Gasteiger partial charge on any atom is 0.273 e. The summed E-state index contributed by atoms with van der Waals surface area (Å²) in [6, 6.07) is 10.9. The molecule has 0 unspecified atom stereocenters. The Hall–Kier alpha value is -2.93. The van der Waals surface area contributed by atoms with Crippen molar-refractivity contribution in [1.82, 2.24) is 15.5 Å². The fraction of sp³-hybridized carbons (Fsp3) is 0.278. The van der Waals surface area contributed by atoms with Gasteiger partial charge in [-0.1, -0.05) is 11.2 Å². The van der Waals surface area contributed by atoms with Gasteiger partial charge in [0.15, 0.2) is 11.5 Å². The highest BCUT2D eigenvalue weighted by Crippen LogP contribution is 2.20. The van der Waals surface area contributed by atoms with Crippen LogP contribution in [0.4, 0.5) is 0 Å². The van der Waals surface area contributed by atoms with Crippen molar-refractivity contribution in [1.29, 1.82) is 0 Å². The molecule has 0 radical (unpaired) electrons. The number of nitrogens with one attached hydrogen (secondary N) is 1. The van der Waals surface area contributed by atoms with Crippen LogP contribution in [0, 0.1) is 0 Å². The molecule has 2 aromatic heterocycles. The first-order valence-electron chi connectivity index (χ1n) is 7.88. The average Bonchev–Trinajstić information content (AvgIpc) is 3.09. The van der Waals surface area contributed by atoms with Gasteiger partial charge < -0.3 is 19.3 Å². The molecule has 0 saturated heterocycles. The molecular weight excluding hydrogens is 322 g/mol. The zero-order valence-corrected chi connectivity index (χ0v) is 14.1. The molecule has 1 N–H and O–H groups in total. The van der Waals surface area contributed by atoms with E-state index in [1.807, 2.05) is 37.3 Å². The van der Waals surface area contributed by atoms with Gasteiger partial charge in [0.2, 0.25) is 0 Å². The Morgan fingerprint density at radius 3 is 3.04 bits per heavy atom. The Labute approximate surface area is 144 Å². The molecule has 130 valence electrons. The van der Waals surface area contributed by atoms with Crippen molar-refractivity contribution in [2.24, 2.45) is 0 Å². The molecule has 1 aromatic carbocycles. The highest BCUT2D eigenvalue weighted by Gasteiger charge is 2.15. The van der Waals surface area contributed by atoms with E-state index >= 15 is 0 Å². The van der Waals surface area contributed by atoms with Crippen molar-refractivity contribution in [3.8, 4) is 5.75 Å². The highest BCUT2D eigenvalue weighted by atomic mass is 16.5. The molecule has 7 heteroatoms. The van der Waals surface area contributed by atoms with E-state index in [9.17, 15) is 4.79 Å². The van der Waals surface area contributed by atoms with E-state index in [0.29, 0.717) is 18.1 Å². The van der Waals surface area contributed by atoms with E-state index in [2.05, 4.69) is 15.5 Å². The minimum absolute atomic E-state index is 0.111. The number of ether oxygens (including phenoxy) is 2.